The minimum Gasteiger partial charge on any atom is -0.508 e. The number of hydrogen-bond acceptors (Lipinski definition) is 7. The summed E-state index contributed by atoms with van der Waals surface area (Å²) >= 11 is 0. The van der Waals surface area contributed by atoms with Crippen molar-refractivity contribution in [2.24, 2.45) is 0 Å². The van der Waals surface area contributed by atoms with Gasteiger partial charge in [-0.2, -0.15) is 22.0 Å². The average molecular weight is 519 g/mol. The molecule has 1 atom stereocenters. The molecule has 192 valence electrons. The fourth-order valence-corrected chi connectivity index (χ4v) is 4.30. The Labute approximate surface area is 205 Å². The molecule has 1 aliphatic heterocycles. The first-order valence-electron chi connectivity index (χ1n) is 10.9. The number of benzene rings is 1. The summed E-state index contributed by atoms with van der Waals surface area (Å²) in [6, 6.07) is 6.07. The number of nitrogens with one attached hydrogen (secondary N) is 1. The van der Waals surface area contributed by atoms with Crippen molar-refractivity contribution in [1.29, 1.82) is 0 Å². The van der Waals surface area contributed by atoms with E-state index in [1.807, 2.05) is 0 Å². The summed E-state index contributed by atoms with van der Waals surface area (Å²) in [5.74, 6) is -5.53. The Morgan fingerprint density at radius 3 is 2.62 bits per heavy atom. The van der Waals surface area contributed by atoms with Crippen LogP contribution in [0.15, 0.2) is 42.9 Å². The van der Waals surface area contributed by atoms with Crippen LogP contribution in [0.1, 0.15) is 30.2 Å². The van der Waals surface area contributed by atoms with Gasteiger partial charge in [-0.15, -0.1) is 0 Å². The van der Waals surface area contributed by atoms with E-state index >= 15 is 0 Å². The zero-order valence-corrected chi connectivity index (χ0v) is 19.0. The third-order valence-electron chi connectivity index (χ3n) is 6.31. The van der Waals surface area contributed by atoms with Crippen LogP contribution in [0.5, 0.6) is 5.75 Å². The average Bonchev–Trinajstić information content (AvgIpc) is 3.39. The van der Waals surface area contributed by atoms with E-state index in [4.69, 9.17) is 5.73 Å². The molecule has 14 heteroatoms. The third kappa shape index (κ3) is 3.88. The molecule has 1 aliphatic rings. The first kappa shape index (κ1) is 24.3. The van der Waals surface area contributed by atoms with Crippen LogP contribution < -0.4 is 11.1 Å². The van der Waals surface area contributed by atoms with Gasteiger partial charge in [0.05, 0.1) is 11.3 Å². The molecule has 0 bridgehead atoms. The number of alkyl halides is 5. The van der Waals surface area contributed by atoms with E-state index in [1.165, 1.54) is 35.1 Å². The van der Waals surface area contributed by atoms with Gasteiger partial charge in [-0.1, -0.05) is 12.1 Å². The standard InChI is InChI=1S/C23H18F5N7O2/c1-21(11-3-2-4-12(36)9-11)15-16(29)32-17(33-18(15)34-20(21)37)14-10-35-8-7-30-19(35)13(31-14)5-6-22(24,25)23(26,27)28/h2-4,7-10,36H,5-6H2,1H3,(H3,29,32,33,34,37). The van der Waals surface area contributed by atoms with Gasteiger partial charge < -0.3 is 20.6 Å². The van der Waals surface area contributed by atoms with Crippen LogP contribution in [-0.4, -0.2) is 47.4 Å². The van der Waals surface area contributed by atoms with Gasteiger partial charge in [-0.25, -0.2) is 19.9 Å². The number of fused-ring (bicyclic) bond motifs is 2. The van der Waals surface area contributed by atoms with Gasteiger partial charge in [-0.3, -0.25) is 4.79 Å². The first-order valence-corrected chi connectivity index (χ1v) is 10.9. The molecule has 4 heterocycles. The molecule has 1 unspecified atom stereocenters. The summed E-state index contributed by atoms with van der Waals surface area (Å²) in [4.78, 5) is 29.8. The van der Waals surface area contributed by atoms with E-state index in [2.05, 4.69) is 25.3 Å². The van der Waals surface area contributed by atoms with Gasteiger partial charge in [-0.05, 0) is 31.0 Å². The molecule has 1 amide bonds. The summed E-state index contributed by atoms with van der Waals surface area (Å²) in [6.07, 6.45) is -3.74. The van der Waals surface area contributed by atoms with E-state index in [0.717, 1.165) is 0 Å². The van der Waals surface area contributed by atoms with Crippen molar-refractivity contribution < 1.29 is 31.9 Å². The molecular weight excluding hydrogens is 501 g/mol. The Bertz CT molecular complexity index is 1550. The van der Waals surface area contributed by atoms with Crippen molar-refractivity contribution in [3.63, 3.8) is 0 Å². The van der Waals surface area contributed by atoms with Crippen LogP contribution >= 0.6 is 0 Å². The number of anilines is 2. The van der Waals surface area contributed by atoms with Gasteiger partial charge in [0.2, 0.25) is 5.91 Å². The number of amides is 1. The lowest BCUT2D eigenvalue weighted by atomic mass is 9.77. The highest BCUT2D eigenvalue weighted by molar-refractivity contribution is 6.09. The molecule has 5 rings (SSSR count). The third-order valence-corrected chi connectivity index (χ3v) is 6.31. The maximum absolute atomic E-state index is 13.6. The number of imidazole rings is 1. The molecule has 0 fully saturated rings. The molecule has 4 aromatic rings. The Hall–Kier alpha value is -4.36. The minimum atomic E-state index is -5.70. The number of phenols is 1. The molecule has 0 spiro atoms. The Morgan fingerprint density at radius 2 is 1.92 bits per heavy atom. The van der Waals surface area contributed by atoms with Crippen molar-refractivity contribution in [2.45, 2.75) is 37.3 Å². The molecule has 0 saturated carbocycles. The van der Waals surface area contributed by atoms with Crippen LogP contribution in [0.3, 0.4) is 0 Å². The fourth-order valence-electron chi connectivity index (χ4n) is 4.30. The number of aryl methyl sites for hydroxylation is 1. The lowest BCUT2D eigenvalue weighted by Gasteiger charge is -2.23. The Balaban J connectivity index is 1.57. The molecule has 9 nitrogen and oxygen atoms in total. The lowest BCUT2D eigenvalue weighted by Crippen LogP contribution is -2.36. The number of nitrogen functional groups attached to an aromatic ring is 1. The van der Waals surface area contributed by atoms with Crippen molar-refractivity contribution in [1.82, 2.24) is 24.3 Å². The van der Waals surface area contributed by atoms with E-state index in [1.54, 1.807) is 19.1 Å². The molecule has 3 aromatic heterocycles. The quantitative estimate of drug-likeness (QED) is 0.341. The number of rotatable bonds is 5. The monoisotopic (exact) mass is 519 g/mol. The van der Waals surface area contributed by atoms with Gasteiger partial charge in [0, 0.05) is 25.0 Å². The van der Waals surface area contributed by atoms with E-state index in [9.17, 15) is 31.9 Å². The summed E-state index contributed by atoms with van der Waals surface area (Å²) in [5, 5.41) is 12.5. The van der Waals surface area contributed by atoms with Crippen LogP contribution in [-0.2, 0) is 16.6 Å². The predicted octanol–water partition coefficient (Wildman–Crippen LogP) is 3.86. The van der Waals surface area contributed by atoms with Crippen LogP contribution in [0.2, 0.25) is 0 Å². The molecule has 4 N–H and O–H groups in total. The Morgan fingerprint density at radius 1 is 1.16 bits per heavy atom. The predicted molar refractivity (Wildman–Crippen MR) is 121 cm³/mol. The van der Waals surface area contributed by atoms with Crippen LogP contribution in [0.25, 0.3) is 17.2 Å². The number of hydrogen-bond donors (Lipinski definition) is 3. The molecule has 0 saturated heterocycles. The number of carbonyl (C=O) groups excluding carboxylic acids is 1. The number of aromatic hydroxyl groups is 1. The largest absolute Gasteiger partial charge is 0.508 e. The number of halogens is 5. The van der Waals surface area contributed by atoms with Gasteiger partial charge in [0.15, 0.2) is 11.5 Å². The smallest absolute Gasteiger partial charge is 0.453 e. The fraction of sp³-hybridized carbons (Fsp3) is 0.261. The van der Waals surface area contributed by atoms with Crippen molar-refractivity contribution in [3.8, 4) is 17.3 Å². The first-order chi connectivity index (χ1) is 17.3. The number of aromatic nitrogens is 5. The number of carbonyl (C=O) groups is 1. The molecule has 1 aromatic carbocycles. The maximum atomic E-state index is 13.6. The van der Waals surface area contributed by atoms with E-state index in [0.29, 0.717) is 5.56 Å². The van der Waals surface area contributed by atoms with Gasteiger partial charge in [0.1, 0.15) is 28.5 Å². The zero-order chi connectivity index (χ0) is 26.8. The molecule has 0 radical (unpaired) electrons. The van der Waals surface area contributed by atoms with Crippen molar-refractivity contribution in [2.75, 3.05) is 11.1 Å². The second-order valence-corrected chi connectivity index (χ2v) is 8.72. The van der Waals surface area contributed by atoms with E-state index < -0.39 is 36.3 Å². The minimum absolute atomic E-state index is 0.0190. The van der Waals surface area contributed by atoms with Crippen LogP contribution in [0, 0.1) is 0 Å². The molecule has 37 heavy (non-hydrogen) atoms. The molecular formula is C23H18F5N7O2. The van der Waals surface area contributed by atoms with Gasteiger partial charge in [0.25, 0.3) is 0 Å². The second-order valence-electron chi connectivity index (χ2n) is 8.72. The second kappa shape index (κ2) is 8.08. The maximum Gasteiger partial charge on any atom is 0.453 e. The van der Waals surface area contributed by atoms with Crippen molar-refractivity contribution in [3.05, 3.63) is 59.7 Å². The van der Waals surface area contributed by atoms with Crippen LogP contribution in [0.4, 0.5) is 33.6 Å². The summed E-state index contributed by atoms with van der Waals surface area (Å²) < 4.78 is 66.5. The normalized spacial score (nSPS) is 17.7. The lowest BCUT2D eigenvalue weighted by molar-refractivity contribution is -0.284. The summed E-state index contributed by atoms with van der Waals surface area (Å²) in [6.45, 7) is 1.59. The molecule has 0 aliphatic carbocycles. The SMILES string of the molecule is CC1(c2cccc(O)c2)C(=O)Nc2nc(-c3cn4ccnc4c(CCC(F)(F)C(F)(F)F)n3)nc(N)c21. The Kier molecular flexibility index (Phi) is 5.31. The zero-order valence-electron chi connectivity index (χ0n) is 19.0. The number of phenolic OH excluding ortho intramolecular Hbond substituents is 1. The highest BCUT2D eigenvalue weighted by atomic mass is 19.4. The number of nitrogens with zero attached hydrogens (tertiary/aromatic N) is 5. The van der Waals surface area contributed by atoms with Crippen molar-refractivity contribution >= 4 is 23.2 Å². The summed E-state index contributed by atoms with van der Waals surface area (Å²) in [7, 11) is 0. The summed E-state index contributed by atoms with van der Waals surface area (Å²) in [5.41, 5.74) is 5.62. The highest BCUT2D eigenvalue weighted by Crippen LogP contribution is 2.45. The van der Waals surface area contributed by atoms with E-state index in [-0.39, 0.29) is 45.8 Å². The topological polar surface area (TPSA) is 131 Å². The van der Waals surface area contributed by atoms with Gasteiger partial charge >= 0.3 is 12.1 Å². The number of nitrogens with two attached hydrogens (primary N) is 1. The highest BCUT2D eigenvalue weighted by Gasteiger charge is 2.56.